The van der Waals surface area contributed by atoms with E-state index < -0.39 is 206 Å². The van der Waals surface area contributed by atoms with E-state index >= 15 is 19.2 Å². The summed E-state index contributed by atoms with van der Waals surface area (Å²) in [5.41, 5.74) is 13.5. The number of aliphatic hydroxyl groups is 1. The number of carbonyl (C=O) groups is 15. The molecule has 2 saturated heterocycles. The summed E-state index contributed by atoms with van der Waals surface area (Å²) in [5, 5.41) is 67.2. The number of aliphatic hydroxyl groups excluding tert-OH is 1. The molecule has 2 aliphatic heterocycles. The molecule has 0 aliphatic carbocycles. The molecule has 2 heterocycles. The van der Waals surface area contributed by atoms with Crippen molar-refractivity contribution in [3.05, 3.63) is 167 Å². The van der Waals surface area contributed by atoms with E-state index in [-0.39, 0.29) is 82.4 Å². The Balaban J connectivity index is 1.27. The van der Waals surface area contributed by atoms with Crippen LogP contribution in [-0.2, 0) is 104 Å². The Morgan fingerprint density at radius 2 is 0.975 bits per heavy atom. The van der Waals surface area contributed by atoms with E-state index in [1.807, 2.05) is 0 Å². The molecule has 7 rings (SSSR count). The van der Waals surface area contributed by atoms with Crippen molar-refractivity contribution in [3.63, 3.8) is 0 Å². The number of benzene rings is 5. The van der Waals surface area contributed by atoms with E-state index in [9.17, 15) is 68.1 Å². The highest BCUT2D eigenvalue weighted by Crippen LogP contribution is 2.24. The number of nitrogens with zero attached hydrogens (tertiary/aromatic N) is 5. The second-order valence-electron chi connectivity index (χ2n) is 29.7. The van der Waals surface area contributed by atoms with E-state index in [0.717, 1.165) is 19.6 Å². The maximum absolute atomic E-state index is 15.5. The van der Waals surface area contributed by atoms with Crippen LogP contribution in [0.5, 0.6) is 11.5 Å². The number of nitrogens with one attached hydrogen (secondary N) is 12. The summed E-state index contributed by atoms with van der Waals surface area (Å²) in [6, 6.07) is 20.6. The maximum atomic E-state index is 15.5. The molecule has 19 N–H and O–H groups in total. The van der Waals surface area contributed by atoms with Gasteiger partial charge >= 0.3 is 0 Å². The maximum Gasteiger partial charge on any atom is 0.246 e. The average molecular weight is 1650 g/mol. The molecule has 5 aromatic rings. The quantitative estimate of drug-likeness (QED) is 0.0214. The fraction of sp³-hybridized carbons (Fsp3) is 0.439. The molecule has 0 saturated carbocycles. The SMILES string of the molecule is CC(C)C1NC(=O)[C@H](Cc2ccc(O)cc2)NC(=O)[C@H](C)N(C)C(=O)[C@H](Cc2ccccc2)NC(=O)CNC[C@@H](C(=O)NCC(N)=O)NC(=O)[C@@H]2CCCN2C(=O)[C@H](Cc2ccccc2)N(C)C(=O)[C@H](Cc2ccc(O)cc2)NC(=O)CN(C)C(=O)[C@H](Cc2ccccc2)N(C)C(=O)[C@H](CCCNC(=N)N)NC(=O)CNC(=O)[C@H](CO)NC1=O. The summed E-state index contributed by atoms with van der Waals surface area (Å²) in [6.07, 6.45) is -0.731. The molecule has 0 spiro atoms. The van der Waals surface area contributed by atoms with Gasteiger partial charge in [-0.05, 0) is 90.6 Å². The Morgan fingerprint density at radius 1 is 0.504 bits per heavy atom. The van der Waals surface area contributed by atoms with E-state index in [1.165, 1.54) is 88.5 Å². The lowest BCUT2D eigenvalue weighted by Gasteiger charge is -2.35. The van der Waals surface area contributed by atoms with E-state index in [2.05, 4.69) is 58.5 Å². The van der Waals surface area contributed by atoms with Crippen molar-refractivity contribution in [2.24, 2.45) is 17.4 Å². The fourth-order valence-electron chi connectivity index (χ4n) is 13.6. The summed E-state index contributed by atoms with van der Waals surface area (Å²) in [6.45, 7) is -0.0338. The van der Waals surface area contributed by atoms with Crippen molar-refractivity contribution in [3.8, 4) is 11.5 Å². The molecular weight excluding hydrogens is 1540 g/mol. The molecule has 0 aromatic heterocycles. The molecule has 2 aliphatic rings. The minimum Gasteiger partial charge on any atom is -0.508 e. The van der Waals surface area contributed by atoms with Crippen LogP contribution in [0.15, 0.2) is 140 Å². The Morgan fingerprint density at radius 3 is 1.50 bits per heavy atom. The van der Waals surface area contributed by atoms with Crippen LogP contribution in [0.3, 0.4) is 0 Å². The van der Waals surface area contributed by atoms with Crippen LogP contribution in [-0.4, -0.2) is 281 Å². The fourth-order valence-corrected chi connectivity index (χ4v) is 13.6. The number of primary amides is 1. The third-order valence-electron chi connectivity index (χ3n) is 20.4. The van der Waals surface area contributed by atoms with Gasteiger partial charge in [-0.1, -0.05) is 129 Å². The van der Waals surface area contributed by atoms with Crippen LogP contribution in [0.4, 0.5) is 0 Å². The van der Waals surface area contributed by atoms with Gasteiger partial charge in [0.25, 0.3) is 0 Å². The van der Waals surface area contributed by atoms with Crippen LogP contribution < -0.4 is 70.0 Å². The number of phenolic OH excluding ortho intramolecular Hbond substituents is 2. The van der Waals surface area contributed by atoms with Gasteiger partial charge in [0.1, 0.15) is 78.0 Å². The molecule has 15 amide bonds. The van der Waals surface area contributed by atoms with E-state index in [1.54, 1.807) is 105 Å². The topological polar surface area (TPSA) is 541 Å². The molecule has 11 atom stereocenters. The lowest BCUT2D eigenvalue weighted by Crippen LogP contribution is -2.61. The van der Waals surface area contributed by atoms with Crippen molar-refractivity contribution in [1.29, 1.82) is 5.41 Å². The number of guanidine groups is 1. The molecule has 37 nitrogen and oxygen atoms in total. The van der Waals surface area contributed by atoms with Gasteiger partial charge in [0.05, 0.1) is 32.8 Å². The smallest absolute Gasteiger partial charge is 0.246 e. The van der Waals surface area contributed by atoms with Crippen LogP contribution in [0.1, 0.15) is 74.3 Å². The average Bonchev–Trinajstić information content (AvgIpc) is 1.74. The standard InChI is InChI=1S/C82H109N19O18/c1-48(2)70-76(114)95-62(47-102)73(111)89-45-68(107)90-57(25-17-35-87-82(84)85)77(115)99(6)64(40-51-21-13-9-14-22-51)80(118)97(4)46-69(108)92-60(39-54-29-33-56(104)34-30-54)79(117)100(7)65(41-52-23-15-10-16-24-52)81(119)101-36-18-26-63(101)75(113)94-61(72(110)88-43-66(83)105)42-86-44-67(106)91-59(38-50-19-11-8-12-20-50)78(116)98(5)49(3)71(109)93-58(74(112)96-70)37-53-27-31-55(103)32-28-53/h8-16,19-24,27-34,48-49,57-65,70,86,102-104H,17-18,25-26,35-47H2,1-7H3,(H2,83,105)(H,88,110)(H,89,111)(H,90,107)(H,91,106)(H,92,108)(H,93,109)(H,94,113)(H,95,114)(H,96,112)(H4,84,85,87)/t49-,57-,58-,59-,60-,61-,62-,63-,64-,65-,70?/m0/s1. The zero-order valence-corrected chi connectivity index (χ0v) is 67.6. The molecule has 5 aromatic carbocycles. The number of aromatic hydroxyl groups is 2. The molecule has 0 radical (unpaired) electrons. The van der Waals surface area contributed by atoms with E-state index in [0.29, 0.717) is 27.8 Å². The zero-order valence-electron chi connectivity index (χ0n) is 67.6. The van der Waals surface area contributed by atoms with Crippen molar-refractivity contribution in [2.75, 3.05) is 80.6 Å². The van der Waals surface area contributed by atoms with Crippen molar-refractivity contribution in [1.82, 2.24) is 83.0 Å². The van der Waals surface area contributed by atoms with Gasteiger partial charge in [0.15, 0.2) is 5.96 Å². The number of nitrogens with two attached hydrogens (primary N) is 2. The second-order valence-corrected chi connectivity index (χ2v) is 29.7. The molecule has 119 heavy (non-hydrogen) atoms. The Bertz CT molecular complexity index is 4380. The van der Waals surface area contributed by atoms with Gasteiger partial charge in [-0.15, -0.1) is 0 Å². The van der Waals surface area contributed by atoms with Gasteiger partial charge < -0.3 is 110 Å². The third kappa shape index (κ3) is 28.4. The van der Waals surface area contributed by atoms with Crippen LogP contribution in [0, 0.1) is 11.3 Å². The number of carbonyl (C=O) groups excluding carboxylic acids is 15. The molecule has 37 heteroatoms. The van der Waals surface area contributed by atoms with Crippen molar-refractivity contribution < 1.29 is 87.2 Å². The highest BCUT2D eigenvalue weighted by atomic mass is 16.3. The largest absolute Gasteiger partial charge is 0.508 e. The number of fused-ring (bicyclic) bond motifs is 1. The first-order valence-corrected chi connectivity index (χ1v) is 39.0. The number of phenols is 2. The molecule has 640 valence electrons. The number of amides is 15. The summed E-state index contributed by atoms with van der Waals surface area (Å²) in [7, 11) is 5.21. The Hall–Kier alpha value is -13.1. The van der Waals surface area contributed by atoms with Gasteiger partial charge in [0.2, 0.25) is 88.6 Å². The predicted molar refractivity (Wildman–Crippen MR) is 434 cm³/mol. The van der Waals surface area contributed by atoms with Gasteiger partial charge in [-0.2, -0.15) is 0 Å². The molecule has 0 bridgehead atoms. The normalized spacial score (nSPS) is 23.1. The lowest BCUT2D eigenvalue weighted by atomic mass is 10.00. The summed E-state index contributed by atoms with van der Waals surface area (Å²) >= 11 is 0. The minimum atomic E-state index is -1.78. The first kappa shape index (κ1) is 93.1. The zero-order chi connectivity index (χ0) is 87.2. The van der Waals surface area contributed by atoms with Gasteiger partial charge in [-0.3, -0.25) is 77.3 Å². The number of hydrogen-bond donors (Lipinski definition) is 17. The highest BCUT2D eigenvalue weighted by molar-refractivity contribution is 6.00. The van der Waals surface area contributed by atoms with Crippen molar-refractivity contribution >= 4 is 94.6 Å². The molecular formula is C82H109N19O18. The van der Waals surface area contributed by atoms with E-state index in [4.69, 9.17) is 16.9 Å². The first-order chi connectivity index (χ1) is 56.6. The van der Waals surface area contributed by atoms with Gasteiger partial charge in [-0.25, -0.2) is 0 Å². The highest BCUT2D eigenvalue weighted by Gasteiger charge is 2.43. The third-order valence-corrected chi connectivity index (χ3v) is 20.4. The number of rotatable bonds is 19. The Labute approximate surface area is 689 Å². The number of hydrogen-bond acceptors (Lipinski definition) is 20. The van der Waals surface area contributed by atoms with Crippen LogP contribution >= 0.6 is 0 Å². The molecule has 1 unspecified atom stereocenters. The summed E-state index contributed by atoms with van der Waals surface area (Å²) in [4.78, 5) is 222. The first-order valence-electron chi connectivity index (χ1n) is 39.0. The monoisotopic (exact) mass is 1650 g/mol. The van der Waals surface area contributed by atoms with Gasteiger partial charge in [0, 0.05) is 79.9 Å². The number of likely N-dealkylation sites (N-methyl/N-ethyl adjacent to an activating group) is 4. The minimum absolute atomic E-state index is 0.0262. The second kappa shape index (κ2) is 45.4. The summed E-state index contributed by atoms with van der Waals surface area (Å²) < 4.78 is 0. The van der Waals surface area contributed by atoms with Crippen LogP contribution in [0.2, 0.25) is 0 Å². The lowest BCUT2D eigenvalue weighted by molar-refractivity contribution is -0.149. The molecule has 2 fully saturated rings. The van der Waals surface area contributed by atoms with Crippen molar-refractivity contribution in [2.45, 2.75) is 145 Å². The Kier molecular flexibility index (Phi) is 35.6. The van der Waals surface area contributed by atoms with Crippen LogP contribution in [0.25, 0.3) is 0 Å². The predicted octanol–water partition coefficient (Wildman–Crippen LogP) is -3.81. The summed E-state index contributed by atoms with van der Waals surface area (Å²) in [5.74, 6) is -14.8.